The summed E-state index contributed by atoms with van der Waals surface area (Å²) in [6, 6.07) is 0. The molecule has 0 spiro atoms. The quantitative estimate of drug-likeness (QED) is 0.672. The van der Waals surface area contributed by atoms with Crippen molar-refractivity contribution in [1.82, 2.24) is 10.2 Å². The topological polar surface area (TPSA) is 61.8 Å². The molecular weight excluding hydrogens is 280 g/mol. The number of ether oxygens (including phenoxy) is 1. The van der Waals surface area contributed by atoms with Crippen LogP contribution in [-0.4, -0.2) is 60.9 Å². The van der Waals surface area contributed by atoms with Crippen LogP contribution in [0, 0.1) is 0 Å². The van der Waals surface area contributed by atoms with Crippen LogP contribution >= 0.6 is 0 Å². The lowest BCUT2D eigenvalue weighted by Gasteiger charge is -2.27. The minimum Gasteiger partial charge on any atom is -0.388 e. The van der Waals surface area contributed by atoms with E-state index in [0.717, 1.165) is 19.4 Å². The summed E-state index contributed by atoms with van der Waals surface area (Å²) in [7, 11) is 3.94. The van der Waals surface area contributed by atoms with E-state index < -0.39 is 11.7 Å². The minimum absolute atomic E-state index is 0.130. The number of hydrogen-bond acceptors (Lipinski definition) is 4. The normalized spacial score (nSPS) is 21.2. The highest BCUT2D eigenvalue weighted by molar-refractivity contribution is 5.80. The number of aliphatic hydroxyl groups is 1. The number of nitrogens with one attached hydrogen (secondary N) is 1. The maximum atomic E-state index is 12.1. The molecule has 0 aromatic carbocycles. The Kier molecular flexibility index (Phi) is 8.36. The zero-order valence-electron chi connectivity index (χ0n) is 14.7. The number of hydrogen-bond donors (Lipinski definition) is 2. The third-order valence-electron chi connectivity index (χ3n) is 4.31. The summed E-state index contributed by atoms with van der Waals surface area (Å²) in [5.74, 6) is -0.130. The Morgan fingerprint density at radius 2 is 1.91 bits per heavy atom. The lowest BCUT2D eigenvalue weighted by atomic mass is 10.0. The average molecular weight is 314 g/mol. The maximum absolute atomic E-state index is 12.1. The van der Waals surface area contributed by atoms with Crippen molar-refractivity contribution in [3.05, 3.63) is 0 Å². The van der Waals surface area contributed by atoms with E-state index in [0.29, 0.717) is 6.42 Å². The van der Waals surface area contributed by atoms with Gasteiger partial charge < -0.3 is 20.1 Å². The molecule has 0 saturated heterocycles. The van der Waals surface area contributed by atoms with Crippen molar-refractivity contribution in [2.24, 2.45) is 0 Å². The van der Waals surface area contributed by atoms with Crippen molar-refractivity contribution < 1.29 is 14.6 Å². The van der Waals surface area contributed by atoms with Crippen LogP contribution in [0.3, 0.4) is 0 Å². The highest BCUT2D eigenvalue weighted by atomic mass is 16.5. The van der Waals surface area contributed by atoms with Gasteiger partial charge in [0, 0.05) is 13.1 Å². The molecule has 0 aliphatic heterocycles. The number of carbonyl (C=O) groups is 1. The lowest BCUT2D eigenvalue weighted by molar-refractivity contribution is -0.137. The summed E-state index contributed by atoms with van der Waals surface area (Å²) < 4.78 is 5.89. The van der Waals surface area contributed by atoms with Gasteiger partial charge in [0.05, 0.1) is 11.7 Å². The molecule has 1 saturated carbocycles. The molecule has 0 radical (unpaired) electrons. The Balaban J connectivity index is 2.30. The molecule has 1 fully saturated rings. The third kappa shape index (κ3) is 8.11. The molecule has 0 aromatic rings. The van der Waals surface area contributed by atoms with Crippen molar-refractivity contribution in [2.75, 3.05) is 27.2 Å². The van der Waals surface area contributed by atoms with Gasteiger partial charge in [-0.25, -0.2) is 0 Å². The van der Waals surface area contributed by atoms with E-state index in [2.05, 4.69) is 5.32 Å². The van der Waals surface area contributed by atoms with Gasteiger partial charge in [-0.1, -0.05) is 25.7 Å². The summed E-state index contributed by atoms with van der Waals surface area (Å²) in [6.45, 7) is 4.61. The number of nitrogens with zero attached hydrogens (tertiary/aromatic N) is 1. The first-order chi connectivity index (χ1) is 10.3. The Bertz CT molecular complexity index is 324. The van der Waals surface area contributed by atoms with Crippen LogP contribution in [0.4, 0.5) is 0 Å². The van der Waals surface area contributed by atoms with Crippen molar-refractivity contribution in [3.8, 4) is 0 Å². The fourth-order valence-electron chi connectivity index (χ4n) is 2.70. The van der Waals surface area contributed by atoms with Crippen LogP contribution in [0.5, 0.6) is 0 Å². The molecule has 5 nitrogen and oxygen atoms in total. The second-order valence-corrected chi connectivity index (χ2v) is 7.16. The van der Waals surface area contributed by atoms with Crippen LogP contribution in [0.2, 0.25) is 0 Å². The molecule has 22 heavy (non-hydrogen) atoms. The Morgan fingerprint density at radius 3 is 2.45 bits per heavy atom. The fourth-order valence-corrected chi connectivity index (χ4v) is 2.70. The summed E-state index contributed by atoms with van der Waals surface area (Å²) in [5.41, 5.74) is -0.887. The molecule has 130 valence electrons. The van der Waals surface area contributed by atoms with E-state index in [1.54, 1.807) is 13.8 Å². The van der Waals surface area contributed by atoms with E-state index in [4.69, 9.17) is 4.74 Å². The first-order valence-electron chi connectivity index (χ1n) is 8.60. The van der Waals surface area contributed by atoms with Gasteiger partial charge in [0.2, 0.25) is 5.91 Å². The molecule has 1 aliphatic rings. The van der Waals surface area contributed by atoms with Crippen LogP contribution in [0.1, 0.15) is 58.8 Å². The molecule has 0 unspecified atom stereocenters. The van der Waals surface area contributed by atoms with E-state index in [9.17, 15) is 9.90 Å². The molecule has 0 heterocycles. The van der Waals surface area contributed by atoms with Crippen molar-refractivity contribution in [1.29, 1.82) is 0 Å². The third-order valence-corrected chi connectivity index (χ3v) is 4.31. The van der Waals surface area contributed by atoms with Gasteiger partial charge in [-0.2, -0.15) is 0 Å². The monoisotopic (exact) mass is 314 g/mol. The Labute approximate surface area is 135 Å². The largest absolute Gasteiger partial charge is 0.388 e. The highest BCUT2D eigenvalue weighted by Gasteiger charge is 2.24. The first kappa shape index (κ1) is 19.4. The summed E-state index contributed by atoms with van der Waals surface area (Å²) >= 11 is 0. The zero-order valence-corrected chi connectivity index (χ0v) is 14.7. The van der Waals surface area contributed by atoms with Gasteiger partial charge >= 0.3 is 0 Å². The maximum Gasteiger partial charge on any atom is 0.248 e. The molecule has 2 N–H and O–H groups in total. The molecule has 0 bridgehead atoms. The molecule has 2 atom stereocenters. The van der Waals surface area contributed by atoms with Gasteiger partial charge in [-0.15, -0.1) is 0 Å². The number of carbonyl (C=O) groups excluding carboxylic acids is 1. The van der Waals surface area contributed by atoms with Crippen LogP contribution in [0.25, 0.3) is 0 Å². The summed E-state index contributed by atoms with van der Waals surface area (Å²) in [4.78, 5) is 14.2. The summed E-state index contributed by atoms with van der Waals surface area (Å²) in [5, 5.41) is 13.1. The van der Waals surface area contributed by atoms with Crippen LogP contribution in [0.15, 0.2) is 0 Å². The van der Waals surface area contributed by atoms with Gasteiger partial charge in [0.1, 0.15) is 6.10 Å². The van der Waals surface area contributed by atoms with Crippen molar-refractivity contribution in [3.63, 3.8) is 0 Å². The number of amides is 1. The molecule has 1 rings (SSSR count). The van der Waals surface area contributed by atoms with E-state index in [-0.39, 0.29) is 18.6 Å². The molecular formula is C17H34N2O3. The average Bonchev–Trinajstić information content (AvgIpc) is 2.71. The zero-order chi connectivity index (χ0) is 16.6. The SMILES string of the molecule is C[C@@H](OC1CCCCCC1)C(=O)NC[C@](C)(O)CCN(C)C. The van der Waals surface area contributed by atoms with Gasteiger partial charge in [-0.05, 0) is 47.2 Å². The molecule has 0 aromatic heterocycles. The van der Waals surface area contributed by atoms with E-state index in [1.807, 2.05) is 19.0 Å². The smallest absolute Gasteiger partial charge is 0.248 e. The van der Waals surface area contributed by atoms with Crippen molar-refractivity contribution in [2.45, 2.75) is 76.6 Å². The second kappa shape index (κ2) is 9.48. The van der Waals surface area contributed by atoms with Gasteiger partial charge in [-0.3, -0.25) is 4.79 Å². The standard InChI is InChI=1S/C17H34N2O3/c1-14(22-15-9-7-5-6-8-10-15)16(20)18-13-17(2,21)11-12-19(3)4/h14-15,21H,5-13H2,1-4H3,(H,18,20)/t14-,17-/m1/s1. The minimum atomic E-state index is -0.887. The first-order valence-corrected chi connectivity index (χ1v) is 8.60. The predicted octanol–water partition coefficient (Wildman–Crippen LogP) is 1.93. The van der Waals surface area contributed by atoms with Gasteiger partial charge in [0.25, 0.3) is 0 Å². The van der Waals surface area contributed by atoms with E-state index >= 15 is 0 Å². The van der Waals surface area contributed by atoms with Crippen LogP contribution in [-0.2, 0) is 9.53 Å². The Morgan fingerprint density at radius 1 is 1.32 bits per heavy atom. The highest BCUT2D eigenvalue weighted by Crippen LogP contribution is 2.21. The second-order valence-electron chi connectivity index (χ2n) is 7.16. The Hall–Kier alpha value is -0.650. The van der Waals surface area contributed by atoms with Gasteiger partial charge in [0.15, 0.2) is 0 Å². The van der Waals surface area contributed by atoms with Crippen molar-refractivity contribution >= 4 is 5.91 Å². The van der Waals surface area contributed by atoms with Crippen LogP contribution < -0.4 is 5.32 Å². The fraction of sp³-hybridized carbons (Fsp3) is 0.941. The molecule has 5 heteroatoms. The lowest BCUT2D eigenvalue weighted by Crippen LogP contribution is -2.46. The number of rotatable bonds is 8. The molecule has 1 amide bonds. The molecule has 1 aliphatic carbocycles. The summed E-state index contributed by atoms with van der Waals surface area (Å²) in [6.07, 6.45) is 7.42. The predicted molar refractivity (Wildman–Crippen MR) is 88.8 cm³/mol. The van der Waals surface area contributed by atoms with E-state index in [1.165, 1.54) is 25.7 Å².